The molecule has 0 aliphatic heterocycles. The Hall–Kier alpha value is -1.70. The molecule has 1 aromatic heterocycles. The first kappa shape index (κ1) is 7.92. The largest absolute Gasteiger partial charge is 0.494 e. The SMILES string of the molecule is Oc1cccn1Cc1ccccc1. The van der Waals surface area contributed by atoms with E-state index in [2.05, 4.69) is 0 Å². The number of benzene rings is 1. The maximum Gasteiger partial charge on any atom is 0.191 e. The zero-order valence-corrected chi connectivity index (χ0v) is 7.22. The van der Waals surface area contributed by atoms with Crippen molar-refractivity contribution >= 4 is 0 Å². The van der Waals surface area contributed by atoms with Gasteiger partial charge in [-0.3, -0.25) is 0 Å². The lowest BCUT2D eigenvalue weighted by Crippen LogP contribution is -1.96. The summed E-state index contributed by atoms with van der Waals surface area (Å²) in [7, 11) is 0. The number of rotatable bonds is 2. The van der Waals surface area contributed by atoms with E-state index in [1.807, 2.05) is 42.6 Å². The molecule has 2 heteroatoms. The van der Waals surface area contributed by atoms with E-state index in [4.69, 9.17) is 0 Å². The zero-order valence-electron chi connectivity index (χ0n) is 7.22. The molecule has 2 rings (SSSR count). The van der Waals surface area contributed by atoms with Gasteiger partial charge in [-0.1, -0.05) is 30.3 Å². The fourth-order valence-corrected chi connectivity index (χ4v) is 1.32. The van der Waals surface area contributed by atoms with E-state index in [0.717, 1.165) is 6.54 Å². The van der Waals surface area contributed by atoms with Crippen molar-refractivity contribution in [2.24, 2.45) is 0 Å². The molecule has 0 unspecified atom stereocenters. The van der Waals surface area contributed by atoms with Gasteiger partial charge in [0, 0.05) is 6.20 Å². The second-order valence-electron chi connectivity index (χ2n) is 2.98. The predicted molar refractivity (Wildman–Crippen MR) is 51.6 cm³/mol. The highest BCUT2D eigenvalue weighted by Gasteiger charge is 1.97. The molecular weight excluding hydrogens is 162 g/mol. The summed E-state index contributed by atoms with van der Waals surface area (Å²) in [5.41, 5.74) is 1.19. The van der Waals surface area contributed by atoms with Gasteiger partial charge in [0.25, 0.3) is 0 Å². The molecule has 0 aliphatic carbocycles. The number of hydrogen-bond acceptors (Lipinski definition) is 1. The van der Waals surface area contributed by atoms with E-state index < -0.39 is 0 Å². The quantitative estimate of drug-likeness (QED) is 0.740. The molecule has 2 nitrogen and oxygen atoms in total. The average Bonchev–Trinajstić information content (AvgIpc) is 2.54. The minimum absolute atomic E-state index is 0.309. The average molecular weight is 173 g/mol. The normalized spacial score (nSPS) is 10.2. The van der Waals surface area contributed by atoms with Crippen molar-refractivity contribution in [3.8, 4) is 5.88 Å². The van der Waals surface area contributed by atoms with Crippen LogP contribution in [0, 0.1) is 0 Å². The summed E-state index contributed by atoms with van der Waals surface area (Å²) >= 11 is 0. The van der Waals surface area contributed by atoms with Crippen molar-refractivity contribution in [1.29, 1.82) is 0 Å². The minimum atomic E-state index is 0.309. The predicted octanol–water partition coefficient (Wildman–Crippen LogP) is 2.24. The van der Waals surface area contributed by atoms with Crippen LogP contribution in [0.15, 0.2) is 48.7 Å². The van der Waals surface area contributed by atoms with Gasteiger partial charge in [-0.25, -0.2) is 0 Å². The van der Waals surface area contributed by atoms with Gasteiger partial charge in [0.1, 0.15) is 0 Å². The number of aromatic hydroxyl groups is 1. The topological polar surface area (TPSA) is 25.2 Å². The van der Waals surface area contributed by atoms with E-state index in [1.165, 1.54) is 5.56 Å². The molecule has 1 heterocycles. The first-order chi connectivity index (χ1) is 6.36. The highest BCUT2D eigenvalue weighted by atomic mass is 16.3. The van der Waals surface area contributed by atoms with E-state index in [-0.39, 0.29) is 0 Å². The van der Waals surface area contributed by atoms with Crippen LogP contribution in [0.25, 0.3) is 0 Å². The summed E-state index contributed by atoms with van der Waals surface area (Å²) < 4.78 is 1.80. The summed E-state index contributed by atoms with van der Waals surface area (Å²) in [6.07, 6.45) is 1.86. The molecule has 0 saturated carbocycles. The second-order valence-corrected chi connectivity index (χ2v) is 2.98. The number of nitrogens with zero attached hydrogens (tertiary/aromatic N) is 1. The molecule has 0 atom stereocenters. The van der Waals surface area contributed by atoms with Crippen LogP contribution in [0.2, 0.25) is 0 Å². The first-order valence-corrected chi connectivity index (χ1v) is 4.24. The summed E-state index contributed by atoms with van der Waals surface area (Å²) in [5, 5.41) is 9.37. The van der Waals surface area contributed by atoms with Crippen molar-refractivity contribution in [2.75, 3.05) is 0 Å². The van der Waals surface area contributed by atoms with Crippen LogP contribution < -0.4 is 0 Å². The Morgan fingerprint density at radius 2 is 1.77 bits per heavy atom. The third-order valence-corrected chi connectivity index (χ3v) is 2.00. The number of aromatic nitrogens is 1. The summed E-state index contributed by atoms with van der Waals surface area (Å²) in [6.45, 7) is 0.722. The molecule has 0 saturated heterocycles. The van der Waals surface area contributed by atoms with Gasteiger partial charge in [0.15, 0.2) is 5.88 Å². The van der Waals surface area contributed by atoms with Crippen molar-refractivity contribution < 1.29 is 5.11 Å². The monoisotopic (exact) mass is 173 g/mol. The van der Waals surface area contributed by atoms with Crippen molar-refractivity contribution in [1.82, 2.24) is 4.57 Å². The fourth-order valence-electron chi connectivity index (χ4n) is 1.32. The molecule has 66 valence electrons. The molecule has 0 aliphatic rings. The maximum atomic E-state index is 9.37. The Morgan fingerprint density at radius 1 is 1.00 bits per heavy atom. The lowest BCUT2D eigenvalue weighted by Gasteiger charge is -2.03. The van der Waals surface area contributed by atoms with Crippen LogP contribution in [-0.2, 0) is 6.54 Å². The van der Waals surface area contributed by atoms with Crippen molar-refractivity contribution in [3.05, 3.63) is 54.2 Å². The number of hydrogen-bond donors (Lipinski definition) is 1. The maximum absolute atomic E-state index is 9.37. The minimum Gasteiger partial charge on any atom is -0.494 e. The van der Waals surface area contributed by atoms with Crippen LogP contribution in [-0.4, -0.2) is 9.67 Å². The Kier molecular flexibility index (Phi) is 2.04. The summed E-state index contributed by atoms with van der Waals surface area (Å²) in [4.78, 5) is 0. The molecule has 1 N–H and O–H groups in total. The third-order valence-electron chi connectivity index (χ3n) is 2.00. The molecule has 0 fully saturated rings. The van der Waals surface area contributed by atoms with E-state index >= 15 is 0 Å². The lowest BCUT2D eigenvalue weighted by atomic mass is 10.2. The standard InChI is InChI=1S/C11H11NO/c13-11-7-4-8-12(11)9-10-5-2-1-3-6-10/h1-8,13H,9H2. The van der Waals surface area contributed by atoms with Gasteiger partial charge in [-0.05, 0) is 17.7 Å². The Balaban J connectivity index is 2.20. The molecule has 13 heavy (non-hydrogen) atoms. The second kappa shape index (κ2) is 3.35. The third kappa shape index (κ3) is 1.72. The Bertz CT molecular complexity index is 378. The van der Waals surface area contributed by atoms with E-state index in [9.17, 15) is 5.11 Å². The van der Waals surface area contributed by atoms with Crippen LogP contribution in [0.1, 0.15) is 5.56 Å². The van der Waals surface area contributed by atoms with Gasteiger partial charge >= 0.3 is 0 Å². The van der Waals surface area contributed by atoms with E-state index in [1.54, 1.807) is 10.6 Å². The smallest absolute Gasteiger partial charge is 0.191 e. The van der Waals surface area contributed by atoms with Gasteiger partial charge in [0.2, 0.25) is 0 Å². The molecule has 0 bridgehead atoms. The van der Waals surface area contributed by atoms with Gasteiger partial charge in [-0.2, -0.15) is 0 Å². The first-order valence-electron chi connectivity index (χ1n) is 4.24. The molecule has 0 amide bonds. The molecule has 2 aromatic rings. The highest BCUT2D eigenvalue weighted by molar-refractivity contribution is 5.19. The summed E-state index contributed by atoms with van der Waals surface area (Å²) in [5.74, 6) is 0.309. The molecule has 0 spiro atoms. The Labute approximate surface area is 77.1 Å². The van der Waals surface area contributed by atoms with Crippen LogP contribution >= 0.6 is 0 Å². The van der Waals surface area contributed by atoms with E-state index in [0.29, 0.717) is 5.88 Å². The van der Waals surface area contributed by atoms with Gasteiger partial charge in [-0.15, -0.1) is 0 Å². The van der Waals surface area contributed by atoms with Gasteiger partial charge < -0.3 is 9.67 Å². The Morgan fingerprint density at radius 3 is 2.38 bits per heavy atom. The molecular formula is C11H11NO. The van der Waals surface area contributed by atoms with Crippen LogP contribution in [0.4, 0.5) is 0 Å². The van der Waals surface area contributed by atoms with Gasteiger partial charge in [0.05, 0.1) is 6.54 Å². The van der Waals surface area contributed by atoms with Crippen molar-refractivity contribution in [2.45, 2.75) is 6.54 Å². The lowest BCUT2D eigenvalue weighted by molar-refractivity contribution is 0.425. The summed E-state index contributed by atoms with van der Waals surface area (Å²) in [6, 6.07) is 13.6. The molecule has 0 radical (unpaired) electrons. The van der Waals surface area contributed by atoms with Crippen molar-refractivity contribution in [3.63, 3.8) is 0 Å². The van der Waals surface area contributed by atoms with Crippen LogP contribution in [0.5, 0.6) is 5.88 Å². The fraction of sp³-hybridized carbons (Fsp3) is 0.0909. The molecule has 1 aromatic carbocycles. The van der Waals surface area contributed by atoms with Crippen LogP contribution in [0.3, 0.4) is 0 Å². The highest BCUT2D eigenvalue weighted by Crippen LogP contribution is 2.12. The zero-order chi connectivity index (χ0) is 9.10.